The molecule has 0 amide bonds. The zero-order chi connectivity index (χ0) is 22.3. The molecule has 0 saturated carbocycles. The average Bonchev–Trinajstić information content (AvgIpc) is 3.16. The molecule has 5 nitrogen and oxygen atoms in total. The molecule has 0 atom stereocenters. The number of para-hydroxylation sites is 3. The number of unbranched alkanes of at least 4 members (excludes halogenated alkanes) is 1. The predicted molar refractivity (Wildman–Crippen MR) is 128 cm³/mol. The molecule has 0 unspecified atom stereocenters. The molecule has 0 saturated heterocycles. The molecule has 0 aliphatic heterocycles. The highest BCUT2D eigenvalue weighted by molar-refractivity contribution is 5.76. The molecule has 1 heterocycles. The van der Waals surface area contributed by atoms with Crippen LogP contribution in [0.15, 0.2) is 66.7 Å². The lowest BCUT2D eigenvalue weighted by atomic mass is 10.1. The van der Waals surface area contributed by atoms with Crippen LogP contribution in [-0.4, -0.2) is 30.4 Å². The largest absolute Gasteiger partial charge is 0.493 e. The van der Waals surface area contributed by atoms with Crippen LogP contribution in [-0.2, 0) is 13.0 Å². The predicted octanol–water partition coefficient (Wildman–Crippen LogP) is 5.81. The van der Waals surface area contributed by atoms with E-state index in [2.05, 4.69) is 41.8 Å². The molecule has 4 aromatic rings. The topological polar surface area (TPSA) is 45.5 Å². The van der Waals surface area contributed by atoms with E-state index >= 15 is 0 Å². The first-order valence-electron chi connectivity index (χ1n) is 11.0. The van der Waals surface area contributed by atoms with E-state index in [1.54, 1.807) is 14.2 Å². The van der Waals surface area contributed by atoms with Crippen molar-refractivity contribution in [2.75, 3.05) is 20.8 Å². The van der Waals surface area contributed by atoms with Gasteiger partial charge >= 0.3 is 0 Å². The van der Waals surface area contributed by atoms with Gasteiger partial charge in [-0.3, -0.25) is 0 Å². The molecule has 4 rings (SSSR count). The summed E-state index contributed by atoms with van der Waals surface area (Å²) in [6.45, 7) is 3.69. The van der Waals surface area contributed by atoms with Crippen LogP contribution in [0.2, 0.25) is 0 Å². The number of methoxy groups -OCH3 is 2. The number of aryl methyl sites for hydroxylation is 2. The smallest absolute Gasteiger partial charge is 0.161 e. The third-order valence-corrected chi connectivity index (χ3v) is 5.67. The van der Waals surface area contributed by atoms with Crippen LogP contribution in [0.1, 0.15) is 29.8 Å². The summed E-state index contributed by atoms with van der Waals surface area (Å²) in [6.07, 6.45) is 2.73. The van der Waals surface area contributed by atoms with Gasteiger partial charge in [0.25, 0.3) is 0 Å². The average molecular weight is 431 g/mol. The fraction of sp³-hybridized carbons (Fsp3) is 0.296. The zero-order valence-corrected chi connectivity index (χ0v) is 19.0. The molecule has 0 spiro atoms. The van der Waals surface area contributed by atoms with Crippen molar-refractivity contribution in [3.8, 4) is 17.2 Å². The van der Waals surface area contributed by atoms with Crippen LogP contribution < -0.4 is 14.2 Å². The van der Waals surface area contributed by atoms with Gasteiger partial charge in [0.2, 0.25) is 0 Å². The Balaban J connectivity index is 1.46. The van der Waals surface area contributed by atoms with E-state index in [1.165, 1.54) is 11.1 Å². The van der Waals surface area contributed by atoms with E-state index in [-0.39, 0.29) is 0 Å². The highest BCUT2D eigenvalue weighted by Crippen LogP contribution is 2.29. The summed E-state index contributed by atoms with van der Waals surface area (Å²) >= 11 is 0. The van der Waals surface area contributed by atoms with Crippen LogP contribution >= 0.6 is 0 Å². The molecular formula is C27H30N2O3. The molecule has 3 aromatic carbocycles. The van der Waals surface area contributed by atoms with E-state index < -0.39 is 0 Å². The first-order chi connectivity index (χ1) is 15.7. The number of fused-ring (bicyclic) bond motifs is 1. The molecule has 0 bridgehead atoms. The molecule has 0 aliphatic carbocycles. The van der Waals surface area contributed by atoms with E-state index in [9.17, 15) is 0 Å². The van der Waals surface area contributed by atoms with Crippen LogP contribution in [0.25, 0.3) is 11.0 Å². The van der Waals surface area contributed by atoms with Crippen molar-refractivity contribution in [1.82, 2.24) is 9.55 Å². The molecule has 0 aliphatic rings. The fourth-order valence-corrected chi connectivity index (χ4v) is 3.96. The Morgan fingerprint density at radius 2 is 1.59 bits per heavy atom. The number of aromatic nitrogens is 2. The van der Waals surface area contributed by atoms with E-state index in [1.807, 2.05) is 36.4 Å². The van der Waals surface area contributed by atoms with Crippen molar-refractivity contribution in [3.63, 3.8) is 0 Å². The molecular weight excluding hydrogens is 400 g/mol. The van der Waals surface area contributed by atoms with Gasteiger partial charge in [-0.15, -0.1) is 0 Å². The first kappa shape index (κ1) is 21.8. The van der Waals surface area contributed by atoms with Gasteiger partial charge in [-0.25, -0.2) is 4.98 Å². The number of imidazole rings is 1. The Hall–Kier alpha value is -3.47. The molecule has 0 N–H and O–H groups in total. The molecule has 0 fully saturated rings. The van der Waals surface area contributed by atoms with E-state index in [0.29, 0.717) is 6.61 Å². The second-order valence-electron chi connectivity index (χ2n) is 7.86. The molecule has 32 heavy (non-hydrogen) atoms. The molecule has 0 radical (unpaired) electrons. The van der Waals surface area contributed by atoms with E-state index in [4.69, 9.17) is 19.2 Å². The monoisotopic (exact) mass is 430 g/mol. The Labute approximate surface area is 189 Å². The van der Waals surface area contributed by atoms with Crippen molar-refractivity contribution < 1.29 is 14.2 Å². The standard InChI is InChI=1S/C27H30N2O3/c1-20-10-4-7-13-24(20)32-17-9-8-16-29-23-12-6-5-11-22(23)28-27(29)19-21-14-15-25(30-2)26(18-21)31-3/h4-7,10-15,18H,8-9,16-17,19H2,1-3H3. The summed E-state index contributed by atoms with van der Waals surface area (Å²) in [4.78, 5) is 4.92. The zero-order valence-electron chi connectivity index (χ0n) is 19.0. The SMILES string of the molecule is COc1ccc(Cc2nc3ccccc3n2CCCCOc2ccccc2C)cc1OC. The van der Waals surface area contributed by atoms with Gasteiger partial charge in [0, 0.05) is 13.0 Å². The number of ether oxygens (including phenoxy) is 3. The van der Waals surface area contributed by atoms with Crippen LogP contribution in [0.3, 0.4) is 0 Å². The number of rotatable bonds is 10. The summed E-state index contributed by atoms with van der Waals surface area (Å²) in [6, 6.07) is 22.5. The summed E-state index contributed by atoms with van der Waals surface area (Å²) < 4.78 is 19.1. The number of benzene rings is 3. The van der Waals surface area contributed by atoms with Gasteiger partial charge in [0.05, 0.1) is 31.9 Å². The minimum Gasteiger partial charge on any atom is -0.493 e. The Kier molecular flexibility index (Phi) is 6.95. The van der Waals surface area contributed by atoms with Crippen molar-refractivity contribution >= 4 is 11.0 Å². The van der Waals surface area contributed by atoms with Gasteiger partial charge in [-0.1, -0.05) is 36.4 Å². The number of hydrogen-bond acceptors (Lipinski definition) is 4. The molecule has 5 heteroatoms. The minimum atomic E-state index is 0.711. The quantitative estimate of drug-likeness (QED) is 0.298. The lowest BCUT2D eigenvalue weighted by Gasteiger charge is -2.12. The lowest BCUT2D eigenvalue weighted by Crippen LogP contribution is -2.07. The minimum absolute atomic E-state index is 0.711. The maximum absolute atomic E-state index is 5.97. The first-order valence-corrected chi connectivity index (χ1v) is 11.0. The number of nitrogens with zero attached hydrogens (tertiary/aromatic N) is 2. The molecule has 166 valence electrons. The normalized spacial score (nSPS) is 11.0. The van der Waals surface area contributed by atoms with Gasteiger partial charge in [0.1, 0.15) is 11.6 Å². The second-order valence-corrected chi connectivity index (χ2v) is 7.86. The Bertz CT molecular complexity index is 1180. The fourth-order valence-electron chi connectivity index (χ4n) is 3.96. The lowest BCUT2D eigenvalue weighted by molar-refractivity contribution is 0.301. The Morgan fingerprint density at radius 1 is 0.812 bits per heavy atom. The second kappa shape index (κ2) is 10.2. The van der Waals surface area contributed by atoms with Crippen molar-refractivity contribution in [1.29, 1.82) is 0 Å². The van der Waals surface area contributed by atoms with Crippen molar-refractivity contribution in [2.45, 2.75) is 32.7 Å². The summed E-state index contributed by atoms with van der Waals surface area (Å²) in [5.74, 6) is 3.49. The summed E-state index contributed by atoms with van der Waals surface area (Å²) in [5, 5.41) is 0. The maximum atomic E-state index is 5.97. The van der Waals surface area contributed by atoms with Gasteiger partial charge in [0.15, 0.2) is 11.5 Å². The number of hydrogen-bond donors (Lipinski definition) is 0. The van der Waals surface area contributed by atoms with Crippen LogP contribution in [0, 0.1) is 6.92 Å². The van der Waals surface area contributed by atoms with Crippen molar-refractivity contribution in [3.05, 3.63) is 83.7 Å². The third kappa shape index (κ3) is 4.88. The van der Waals surface area contributed by atoms with Gasteiger partial charge < -0.3 is 18.8 Å². The van der Waals surface area contributed by atoms with Gasteiger partial charge in [-0.05, 0) is 61.2 Å². The summed E-state index contributed by atoms with van der Waals surface area (Å²) in [5.41, 5.74) is 4.51. The van der Waals surface area contributed by atoms with Gasteiger partial charge in [-0.2, -0.15) is 0 Å². The molecule has 1 aromatic heterocycles. The van der Waals surface area contributed by atoms with Crippen LogP contribution in [0.5, 0.6) is 17.2 Å². The summed E-state index contributed by atoms with van der Waals surface area (Å²) in [7, 11) is 3.32. The Morgan fingerprint density at radius 3 is 2.41 bits per heavy atom. The highest BCUT2D eigenvalue weighted by Gasteiger charge is 2.13. The third-order valence-electron chi connectivity index (χ3n) is 5.67. The van der Waals surface area contributed by atoms with Crippen LogP contribution in [0.4, 0.5) is 0 Å². The maximum Gasteiger partial charge on any atom is 0.161 e. The van der Waals surface area contributed by atoms with Crippen molar-refractivity contribution in [2.24, 2.45) is 0 Å². The van der Waals surface area contributed by atoms with E-state index in [0.717, 1.165) is 60.0 Å². The highest BCUT2D eigenvalue weighted by atomic mass is 16.5.